The Morgan fingerprint density at radius 3 is 2.56 bits per heavy atom. The molecule has 0 aliphatic carbocycles. The molecule has 1 saturated heterocycles. The van der Waals surface area contributed by atoms with Crippen molar-refractivity contribution in [3.8, 4) is 11.5 Å². The Hall–Kier alpha value is -1.42. The van der Waals surface area contributed by atoms with E-state index in [9.17, 15) is 0 Å². The minimum absolute atomic E-state index is 0.701. The minimum Gasteiger partial charge on any atom is -0.493 e. The van der Waals surface area contributed by atoms with Gasteiger partial charge in [0.2, 0.25) is 0 Å². The molecule has 0 aromatic heterocycles. The molecule has 4 heteroatoms. The Labute approximate surface area is 108 Å². The predicted molar refractivity (Wildman–Crippen MR) is 71.6 cm³/mol. The van der Waals surface area contributed by atoms with Crippen LogP contribution in [0.2, 0.25) is 0 Å². The van der Waals surface area contributed by atoms with E-state index in [2.05, 4.69) is 5.32 Å². The summed E-state index contributed by atoms with van der Waals surface area (Å²) in [5.74, 6) is 2.22. The topological polar surface area (TPSA) is 39.7 Å². The van der Waals surface area contributed by atoms with Crippen LogP contribution in [-0.4, -0.2) is 34.0 Å². The summed E-state index contributed by atoms with van der Waals surface area (Å²) >= 11 is 0. The van der Waals surface area contributed by atoms with Gasteiger partial charge in [0.05, 0.1) is 14.2 Å². The van der Waals surface area contributed by atoms with E-state index in [0.717, 1.165) is 49.8 Å². The maximum atomic E-state index is 5.35. The molecule has 4 nitrogen and oxygen atoms in total. The van der Waals surface area contributed by atoms with Crippen molar-refractivity contribution in [2.24, 2.45) is 5.92 Å². The summed E-state index contributed by atoms with van der Waals surface area (Å²) in [5.41, 5.74) is 1.07. The van der Waals surface area contributed by atoms with Crippen molar-refractivity contribution in [3.63, 3.8) is 0 Å². The lowest BCUT2D eigenvalue weighted by atomic mass is 10.0. The van der Waals surface area contributed by atoms with E-state index in [-0.39, 0.29) is 0 Å². The van der Waals surface area contributed by atoms with Gasteiger partial charge in [-0.25, -0.2) is 0 Å². The highest BCUT2D eigenvalue weighted by molar-refractivity contribution is 5.54. The maximum absolute atomic E-state index is 5.35. The molecule has 0 saturated carbocycles. The molecule has 1 aromatic rings. The summed E-state index contributed by atoms with van der Waals surface area (Å²) in [6, 6.07) is 5.91. The van der Waals surface area contributed by atoms with Gasteiger partial charge in [-0.05, 0) is 30.9 Å². The first-order chi connectivity index (χ1) is 8.83. The van der Waals surface area contributed by atoms with Crippen LogP contribution >= 0.6 is 0 Å². The molecule has 0 amide bonds. The smallest absolute Gasteiger partial charge is 0.162 e. The van der Waals surface area contributed by atoms with Crippen molar-refractivity contribution in [1.29, 1.82) is 0 Å². The van der Waals surface area contributed by atoms with Crippen LogP contribution < -0.4 is 14.8 Å². The van der Waals surface area contributed by atoms with Gasteiger partial charge in [-0.15, -0.1) is 0 Å². The second-order valence-electron chi connectivity index (χ2n) is 4.51. The van der Waals surface area contributed by atoms with Crippen molar-refractivity contribution < 1.29 is 14.2 Å². The average Bonchev–Trinajstić information content (AvgIpc) is 2.45. The molecule has 100 valence electrons. The van der Waals surface area contributed by atoms with Crippen LogP contribution in [0.5, 0.6) is 11.5 Å². The van der Waals surface area contributed by atoms with E-state index >= 15 is 0 Å². The van der Waals surface area contributed by atoms with Gasteiger partial charge in [-0.3, -0.25) is 0 Å². The highest BCUT2D eigenvalue weighted by Gasteiger charge is 2.13. The van der Waals surface area contributed by atoms with Gasteiger partial charge >= 0.3 is 0 Å². The minimum atomic E-state index is 0.701. The Kier molecular flexibility index (Phi) is 4.70. The fraction of sp³-hybridized carbons (Fsp3) is 0.571. The quantitative estimate of drug-likeness (QED) is 0.873. The third-order valence-corrected chi connectivity index (χ3v) is 3.32. The average molecular weight is 251 g/mol. The molecule has 0 radical (unpaired) electrons. The molecule has 0 atom stereocenters. The van der Waals surface area contributed by atoms with E-state index in [1.807, 2.05) is 18.2 Å². The summed E-state index contributed by atoms with van der Waals surface area (Å²) in [6.45, 7) is 2.76. The number of hydrogen-bond donors (Lipinski definition) is 1. The van der Waals surface area contributed by atoms with Crippen molar-refractivity contribution in [2.45, 2.75) is 12.8 Å². The monoisotopic (exact) mass is 251 g/mol. The van der Waals surface area contributed by atoms with Crippen molar-refractivity contribution in [3.05, 3.63) is 18.2 Å². The zero-order chi connectivity index (χ0) is 12.8. The molecule has 0 unspecified atom stereocenters. The Morgan fingerprint density at radius 1 is 1.17 bits per heavy atom. The maximum Gasteiger partial charge on any atom is 0.162 e. The van der Waals surface area contributed by atoms with Gasteiger partial charge in [-0.1, -0.05) is 0 Å². The largest absolute Gasteiger partial charge is 0.493 e. The van der Waals surface area contributed by atoms with Crippen LogP contribution in [0.15, 0.2) is 18.2 Å². The summed E-state index contributed by atoms with van der Waals surface area (Å²) < 4.78 is 15.9. The zero-order valence-electron chi connectivity index (χ0n) is 11.1. The molecule has 1 heterocycles. The van der Waals surface area contributed by atoms with E-state index < -0.39 is 0 Å². The first-order valence-corrected chi connectivity index (χ1v) is 6.37. The van der Waals surface area contributed by atoms with Crippen molar-refractivity contribution >= 4 is 5.69 Å². The molecular weight excluding hydrogens is 230 g/mol. The highest BCUT2D eigenvalue weighted by atomic mass is 16.5. The molecule has 1 aliphatic heterocycles. The van der Waals surface area contributed by atoms with Gasteiger partial charge in [0.1, 0.15) is 0 Å². The van der Waals surface area contributed by atoms with Crippen LogP contribution in [0.1, 0.15) is 12.8 Å². The number of hydrogen-bond acceptors (Lipinski definition) is 4. The van der Waals surface area contributed by atoms with E-state index in [1.54, 1.807) is 14.2 Å². The molecule has 1 aliphatic rings. The number of anilines is 1. The first kappa shape index (κ1) is 13.0. The van der Waals surface area contributed by atoms with Crippen LogP contribution in [0.4, 0.5) is 5.69 Å². The predicted octanol–water partition coefficient (Wildman–Crippen LogP) is 2.54. The summed E-state index contributed by atoms with van der Waals surface area (Å²) in [5, 5.41) is 3.45. The Morgan fingerprint density at radius 2 is 1.89 bits per heavy atom. The second kappa shape index (κ2) is 6.50. The standard InChI is InChI=1S/C14H21NO3/c1-16-13-4-3-12(9-14(13)17-2)15-10-11-5-7-18-8-6-11/h3-4,9,11,15H,5-8,10H2,1-2H3. The lowest BCUT2D eigenvalue weighted by molar-refractivity contribution is 0.0699. The molecule has 1 fully saturated rings. The van der Waals surface area contributed by atoms with Crippen LogP contribution in [0.3, 0.4) is 0 Å². The fourth-order valence-electron chi connectivity index (χ4n) is 2.16. The number of benzene rings is 1. The molecule has 2 rings (SSSR count). The van der Waals surface area contributed by atoms with Gasteiger partial charge < -0.3 is 19.5 Å². The second-order valence-corrected chi connectivity index (χ2v) is 4.51. The number of methoxy groups -OCH3 is 2. The number of rotatable bonds is 5. The van der Waals surface area contributed by atoms with Gasteiger partial charge in [0.25, 0.3) is 0 Å². The summed E-state index contributed by atoms with van der Waals surface area (Å²) in [4.78, 5) is 0. The molecule has 0 bridgehead atoms. The van der Waals surface area contributed by atoms with Gasteiger partial charge in [0, 0.05) is 31.5 Å². The van der Waals surface area contributed by atoms with E-state index in [0.29, 0.717) is 5.92 Å². The summed E-state index contributed by atoms with van der Waals surface area (Å²) in [7, 11) is 3.30. The Balaban J connectivity index is 1.92. The van der Waals surface area contributed by atoms with Crippen molar-refractivity contribution in [1.82, 2.24) is 0 Å². The lowest BCUT2D eigenvalue weighted by Crippen LogP contribution is -2.22. The highest BCUT2D eigenvalue weighted by Crippen LogP contribution is 2.30. The van der Waals surface area contributed by atoms with Gasteiger partial charge in [-0.2, -0.15) is 0 Å². The molecule has 1 N–H and O–H groups in total. The SMILES string of the molecule is COc1ccc(NCC2CCOCC2)cc1OC. The third kappa shape index (κ3) is 3.29. The van der Waals surface area contributed by atoms with E-state index in [1.165, 1.54) is 0 Å². The number of nitrogens with one attached hydrogen (secondary N) is 1. The third-order valence-electron chi connectivity index (χ3n) is 3.32. The van der Waals surface area contributed by atoms with Crippen LogP contribution in [0.25, 0.3) is 0 Å². The molecule has 1 aromatic carbocycles. The van der Waals surface area contributed by atoms with E-state index in [4.69, 9.17) is 14.2 Å². The zero-order valence-corrected chi connectivity index (χ0v) is 11.1. The lowest BCUT2D eigenvalue weighted by Gasteiger charge is -2.22. The normalized spacial score (nSPS) is 16.3. The Bertz CT molecular complexity index is 375. The first-order valence-electron chi connectivity index (χ1n) is 6.37. The van der Waals surface area contributed by atoms with Crippen LogP contribution in [0, 0.1) is 5.92 Å². The molecule has 18 heavy (non-hydrogen) atoms. The van der Waals surface area contributed by atoms with Crippen molar-refractivity contribution in [2.75, 3.05) is 39.3 Å². The fourth-order valence-corrected chi connectivity index (χ4v) is 2.16. The number of ether oxygens (including phenoxy) is 3. The van der Waals surface area contributed by atoms with Gasteiger partial charge in [0.15, 0.2) is 11.5 Å². The summed E-state index contributed by atoms with van der Waals surface area (Å²) in [6.07, 6.45) is 2.28. The molecule has 0 spiro atoms. The molecular formula is C14H21NO3. The van der Waals surface area contributed by atoms with Crippen LogP contribution in [-0.2, 0) is 4.74 Å².